The van der Waals surface area contributed by atoms with Crippen LogP contribution in [0.25, 0.3) is 11.1 Å². The molecule has 1 atom stereocenters. The summed E-state index contributed by atoms with van der Waals surface area (Å²) in [4.78, 5) is 37.8. The number of carbonyl (C=O) groups excluding carboxylic acids is 2. The lowest BCUT2D eigenvalue weighted by atomic mass is 10.0. The van der Waals surface area contributed by atoms with E-state index in [4.69, 9.17) is 11.6 Å². The normalized spacial score (nSPS) is 17.2. The van der Waals surface area contributed by atoms with Gasteiger partial charge in [-0.2, -0.15) is 0 Å². The van der Waals surface area contributed by atoms with Gasteiger partial charge < -0.3 is 19.9 Å². The van der Waals surface area contributed by atoms with Gasteiger partial charge in [-0.3, -0.25) is 14.6 Å². The molecule has 5 rings (SSSR count). The van der Waals surface area contributed by atoms with Gasteiger partial charge in [0.2, 0.25) is 0 Å². The van der Waals surface area contributed by atoms with E-state index in [2.05, 4.69) is 20.0 Å². The maximum atomic E-state index is 14.0. The molecular formula is C25H21ClF3N5O3. The summed E-state index contributed by atoms with van der Waals surface area (Å²) in [7, 11) is 1.69. The van der Waals surface area contributed by atoms with Crippen LogP contribution in [0.5, 0.6) is 5.75 Å². The third-order valence-electron chi connectivity index (χ3n) is 6.15. The number of halogens is 4. The van der Waals surface area contributed by atoms with Crippen LogP contribution in [0.1, 0.15) is 32.8 Å². The molecule has 0 saturated carbocycles. The largest absolute Gasteiger partial charge is 0.487 e. The molecule has 1 N–H and O–H groups in total. The smallest absolute Gasteiger partial charge is 0.420 e. The summed E-state index contributed by atoms with van der Waals surface area (Å²) in [6, 6.07) is 8.58. The molecule has 0 aliphatic carbocycles. The molecule has 1 aromatic carbocycles. The van der Waals surface area contributed by atoms with E-state index >= 15 is 0 Å². The Bertz CT molecular complexity index is 1370. The van der Waals surface area contributed by atoms with Gasteiger partial charge in [0.1, 0.15) is 17.7 Å². The standard InChI is InChI=1S/C25H21ClF3N5O3/c1-33-13-21-20(24(33)36)8-14(10-30-21)19-9-15(11-31-22(19)34-7-6-16(27)12-34)23(35)32-17-2-4-18(5-3-17)37-25(26,28)29/h2-5,8-11,16H,6-7,12-13H2,1H3,(H,32,35)/t16-/m0/s1. The van der Waals surface area contributed by atoms with Crippen LogP contribution in [0.15, 0.2) is 48.8 Å². The Balaban J connectivity index is 1.45. The number of amides is 2. The highest BCUT2D eigenvalue weighted by atomic mass is 35.5. The topological polar surface area (TPSA) is 87.7 Å². The van der Waals surface area contributed by atoms with E-state index in [1.54, 1.807) is 35.2 Å². The second-order valence-electron chi connectivity index (χ2n) is 8.83. The van der Waals surface area contributed by atoms with Crippen molar-refractivity contribution in [3.8, 4) is 16.9 Å². The number of alkyl halides is 4. The molecule has 2 aliphatic heterocycles. The van der Waals surface area contributed by atoms with Crippen LogP contribution in [0, 0.1) is 0 Å². The molecule has 0 bridgehead atoms. The Kier molecular flexibility index (Phi) is 6.40. The molecule has 2 aromatic heterocycles. The highest BCUT2D eigenvalue weighted by Gasteiger charge is 2.30. The summed E-state index contributed by atoms with van der Waals surface area (Å²) in [6.45, 7) is 1.04. The summed E-state index contributed by atoms with van der Waals surface area (Å²) in [6.07, 6.45) is 2.37. The Labute approximate surface area is 215 Å². The van der Waals surface area contributed by atoms with Crippen molar-refractivity contribution in [2.45, 2.75) is 24.7 Å². The number of pyridine rings is 2. The van der Waals surface area contributed by atoms with Gasteiger partial charge in [0.25, 0.3) is 11.8 Å². The fraction of sp³-hybridized carbons (Fsp3) is 0.280. The van der Waals surface area contributed by atoms with Gasteiger partial charge in [0.15, 0.2) is 0 Å². The zero-order valence-electron chi connectivity index (χ0n) is 19.6. The quantitative estimate of drug-likeness (QED) is 0.464. The zero-order chi connectivity index (χ0) is 26.3. The lowest BCUT2D eigenvalue weighted by Gasteiger charge is -2.21. The van der Waals surface area contributed by atoms with Crippen molar-refractivity contribution in [1.82, 2.24) is 14.9 Å². The van der Waals surface area contributed by atoms with E-state index in [0.29, 0.717) is 53.4 Å². The van der Waals surface area contributed by atoms with Gasteiger partial charge in [-0.15, -0.1) is 8.78 Å². The number of hydrogen-bond acceptors (Lipinski definition) is 6. The minimum Gasteiger partial charge on any atom is -0.420 e. The number of fused-ring (bicyclic) bond motifs is 1. The molecular weight excluding hydrogens is 511 g/mol. The molecule has 0 radical (unpaired) electrons. The molecule has 0 unspecified atom stereocenters. The summed E-state index contributed by atoms with van der Waals surface area (Å²) >= 11 is 4.77. The first-order valence-corrected chi connectivity index (χ1v) is 11.8. The highest BCUT2D eigenvalue weighted by Crippen LogP contribution is 2.34. The number of hydrogen-bond donors (Lipinski definition) is 1. The summed E-state index contributed by atoms with van der Waals surface area (Å²) < 4.78 is 43.9. The van der Waals surface area contributed by atoms with Crippen molar-refractivity contribution in [2.24, 2.45) is 0 Å². The van der Waals surface area contributed by atoms with Crippen molar-refractivity contribution >= 4 is 34.9 Å². The van der Waals surface area contributed by atoms with Crippen LogP contribution >= 0.6 is 11.6 Å². The van der Waals surface area contributed by atoms with Crippen LogP contribution in [-0.4, -0.2) is 58.6 Å². The molecule has 0 spiro atoms. The van der Waals surface area contributed by atoms with E-state index in [1.807, 2.05) is 0 Å². The Morgan fingerprint density at radius 1 is 1.16 bits per heavy atom. The number of nitrogens with zero attached hydrogens (tertiary/aromatic N) is 4. The van der Waals surface area contributed by atoms with Gasteiger partial charge in [-0.25, -0.2) is 9.37 Å². The van der Waals surface area contributed by atoms with Crippen molar-refractivity contribution in [3.63, 3.8) is 0 Å². The molecule has 12 heteroatoms. The van der Waals surface area contributed by atoms with E-state index in [9.17, 15) is 22.8 Å². The molecule has 192 valence electrons. The molecule has 37 heavy (non-hydrogen) atoms. The Hall–Kier alpha value is -3.86. The predicted octanol–water partition coefficient (Wildman–Crippen LogP) is 4.70. The van der Waals surface area contributed by atoms with E-state index < -0.39 is 17.6 Å². The summed E-state index contributed by atoms with van der Waals surface area (Å²) in [5, 5.41) is 2.67. The molecule has 1 saturated heterocycles. The van der Waals surface area contributed by atoms with Crippen molar-refractivity contribution < 1.29 is 27.5 Å². The number of carbonyl (C=O) groups is 2. The average molecular weight is 532 g/mol. The van der Waals surface area contributed by atoms with E-state index in [0.717, 1.165) is 0 Å². The Morgan fingerprint density at radius 3 is 2.59 bits per heavy atom. The second kappa shape index (κ2) is 9.55. The number of aromatic nitrogens is 2. The molecule has 1 fully saturated rings. The van der Waals surface area contributed by atoms with Gasteiger partial charge >= 0.3 is 5.57 Å². The summed E-state index contributed by atoms with van der Waals surface area (Å²) in [5.74, 6) is -0.350. The minimum absolute atomic E-state index is 0.155. The first-order valence-electron chi connectivity index (χ1n) is 11.4. The highest BCUT2D eigenvalue weighted by molar-refractivity contribution is 6.20. The fourth-order valence-electron chi connectivity index (χ4n) is 4.35. The molecule has 3 aromatic rings. The number of nitrogens with one attached hydrogen (secondary N) is 1. The van der Waals surface area contributed by atoms with Crippen LogP contribution < -0.4 is 15.0 Å². The lowest BCUT2D eigenvalue weighted by Crippen LogP contribution is -2.23. The fourth-order valence-corrected chi connectivity index (χ4v) is 4.44. The SMILES string of the molecule is CN1Cc2ncc(-c3cc(C(=O)Nc4ccc(OC(F)(F)Cl)cc4)cnc3N3CC[C@H](F)C3)cc2C1=O. The predicted molar refractivity (Wildman–Crippen MR) is 131 cm³/mol. The van der Waals surface area contributed by atoms with Crippen LogP contribution in [0.2, 0.25) is 0 Å². The average Bonchev–Trinajstić information content (AvgIpc) is 3.41. The van der Waals surface area contributed by atoms with Crippen LogP contribution in [-0.2, 0) is 6.54 Å². The maximum Gasteiger partial charge on any atom is 0.487 e. The van der Waals surface area contributed by atoms with Crippen molar-refractivity contribution in [1.29, 1.82) is 0 Å². The number of ether oxygens (including phenoxy) is 1. The first kappa shape index (κ1) is 24.8. The van der Waals surface area contributed by atoms with E-state index in [1.165, 1.54) is 30.5 Å². The van der Waals surface area contributed by atoms with Crippen LogP contribution in [0.4, 0.5) is 24.7 Å². The van der Waals surface area contributed by atoms with E-state index in [-0.39, 0.29) is 23.8 Å². The number of rotatable bonds is 6. The second-order valence-corrected chi connectivity index (χ2v) is 9.27. The monoisotopic (exact) mass is 531 g/mol. The number of benzene rings is 1. The summed E-state index contributed by atoms with van der Waals surface area (Å²) in [5.41, 5.74) is -1.09. The third-order valence-corrected chi connectivity index (χ3v) is 6.23. The van der Waals surface area contributed by atoms with Crippen LogP contribution in [0.3, 0.4) is 0 Å². The first-order chi connectivity index (χ1) is 17.6. The molecule has 4 heterocycles. The lowest BCUT2D eigenvalue weighted by molar-refractivity contribution is -0.0964. The maximum absolute atomic E-state index is 14.0. The van der Waals surface area contributed by atoms with Gasteiger partial charge in [0, 0.05) is 54.4 Å². The number of anilines is 2. The van der Waals surface area contributed by atoms with Gasteiger partial charge in [0.05, 0.1) is 29.9 Å². The van der Waals surface area contributed by atoms with Crippen molar-refractivity contribution in [2.75, 3.05) is 30.4 Å². The van der Waals surface area contributed by atoms with Crippen molar-refractivity contribution in [3.05, 3.63) is 65.6 Å². The molecule has 8 nitrogen and oxygen atoms in total. The molecule has 2 amide bonds. The van der Waals surface area contributed by atoms with Gasteiger partial charge in [-0.1, -0.05) is 0 Å². The van der Waals surface area contributed by atoms with Gasteiger partial charge in [-0.05, 0) is 42.8 Å². The third kappa shape index (κ3) is 5.31. The zero-order valence-corrected chi connectivity index (χ0v) is 20.3. The minimum atomic E-state index is -3.85. The molecule has 2 aliphatic rings. The Morgan fingerprint density at radius 2 is 1.92 bits per heavy atom.